The van der Waals surface area contributed by atoms with E-state index in [1.807, 2.05) is 42.5 Å². The zero-order chi connectivity index (χ0) is 17.6. The van der Waals surface area contributed by atoms with Crippen LogP contribution in [0.1, 0.15) is 15.9 Å². The molecule has 124 valence electrons. The van der Waals surface area contributed by atoms with Gasteiger partial charge in [-0.1, -0.05) is 53.5 Å². The van der Waals surface area contributed by atoms with Crippen molar-refractivity contribution in [3.8, 4) is 5.75 Å². The zero-order valence-electron chi connectivity index (χ0n) is 13.0. The Labute approximate surface area is 155 Å². The second kappa shape index (κ2) is 7.97. The van der Waals surface area contributed by atoms with Gasteiger partial charge in [0.25, 0.3) is 0 Å². The second-order valence-electron chi connectivity index (χ2n) is 5.15. The van der Waals surface area contributed by atoms with Crippen molar-refractivity contribution in [2.24, 2.45) is 4.99 Å². The van der Waals surface area contributed by atoms with Gasteiger partial charge in [0.1, 0.15) is 5.75 Å². The molecule has 0 saturated carbocycles. The Morgan fingerprint density at radius 2 is 1.64 bits per heavy atom. The number of ether oxygens (including phenoxy) is 1. The highest BCUT2D eigenvalue weighted by molar-refractivity contribution is 6.36. The molecule has 0 unspecified atom stereocenters. The molecule has 0 atom stereocenters. The van der Waals surface area contributed by atoms with Crippen molar-refractivity contribution < 1.29 is 9.53 Å². The summed E-state index contributed by atoms with van der Waals surface area (Å²) in [6.45, 7) is 0. The Balaban J connectivity index is 1.83. The van der Waals surface area contributed by atoms with E-state index in [1.165, 1.54) is 12.1 Å². The van der Waals surface area contributed by atoms with Gasteiger partial charge in [0.15, 0.2) is 0 Å². The maximum absolute atomic E-state index is 12.4. The Hall–Kier alpha value is -2.62. The molecule has 0 heterocycles. The highest BCUT2D eigenvalue weighted by Gasteiger charge is 2.14. The van der Waals surface area contributed by atoms with Gasteiger partial charge in [0.2, 0.25) is 0 Å². The number of nitrogens with zero attached hydrogens (tertiary/aromatic N) is 1. The standard InChI is InChI=1S/C20H13Cl2NO2/c21-15-10-11-17(18(22)12-15)20(24)25-19-9-5-4-6-14(19)13-23-16-7-2-1-3-8-16/h1-13H. The van der Waals surface area contributed by atoms with Crippen LogP contribution < -0.4 is 4.74 Å². The predicted octanol–water partition coefficient (Wildman–Crippen LogP) is 5.96. The van der Waals surface area contributed by atoms with Gasteiger partial charge in [0, 0.05) is 16.8 Å². The molecule has 0 N–H and O–H groups in total. The minimum Gasteiger partial charge on any atom is -0.422 e. The van der Waals surface area contributed by atoms with Crippen LogP contribution in [-0.2, 0) is 0 Å². The number of carbonyl (C=O) groups excluding carboxylic acids is 1. The molecule has 0 spiro atoms. The molecule has 0 aliphatic carbocycles. The van der Waals surface area contributed by atoms with Crippen LogP contribution >= 0.6 is 23.2 Å². The van der Waals surface area contributed by atoms with Crippen LogP contribution in [0.2, 0.25) is 10.0 Å². The van der Waals surface area contributed by atoms with Gasteiger partial charge < -0.3 is 4.74 Å². The first-order chi connectivity index (χ1) is 12.1. The van der Waals surface area contributed by atoms with E-state index in [0.29, 0.717) is 16.3 Å². The number of halogens is 2. The molecule has 0 aromatic heterocycles. The number of carbonyl (C=O) groups is 1. The molecule has 5 heteroatoms. The van der Waals surface area contributed by atoms with Gasteiger partial charge in [-0.15, -0.1) is 0 Å². The van der Waals surface area contributed by atoms with Crippen molar-refractivity contribution >= 4 is 41.1 Å². The van der Waals surface area contributed by atoms with Crippen LogP contribution in [0.15, 0.2) is 77.8 Å². The summed E-state index contributed by atoms with van der Waals surface area (Å²) >= 11 is 11.9. The molecule has 0 aliphatic heterocycles. The van der Waals surface area contributed by atoms with Crippen LogP contribution in [0.4, 0.5) is 5.69 Å². The third-order valence-corrected chi connectivity index (χ3v) is 3.93. The van der Waals surface area contributed by atoms with Crippen LogP contribution in [-0.4, -0.2) is 12.2 Å². The topological polar surface area (TPSA) is 38.7 Å². The molecule has 0 aliphatic rings. The minimum absolute atomic E-state index is 0.243. The highest BCUT2D eigenvalue weighted by atomic mass is 35.5. The second-order valence-corrected chi connectivity index (χ2v) is 5.99. The van der Waals surface area contributed by atoms with Crippen LogP contribution in [0, 0.1) is 0 Å². The van der Waals surface area contributed by atoms with E-state index in [9.17, 15) is 4.79 Å². The third kappa shape index (κ3) is 4.47. The van der Waals surface area contributed by atoms with Crippen LogP contribution in [0.25, 0.3) is 0 Å². The molecule has 0 bridgehead atoms. The average Bonchev–Trinajstić information content (AvgIpc) is 2.61. The monoisotopic (exact) mass is 369 g/mol. The summed E-state index contributed by atoms with van der Waals surface area (Å²) in [6.07, 6.45) is 1.65. The van der Waals surface area contributed by atoms with Crippen molar-refractivity contribution in [2.75, 3.05) is 0 Å². The summed E-state index contributed by atoms with van der Waals surface area (Å²) in [7, 11) is 0. The van der Waals surface area contributed by atoms with Crippen LogP contribution in [0.3, 0.4) is 0 Å². The van der Waals surface area contributed by atoms with E-state index >= 15 is 0 Å². The van der Waals surface area contributed by atoms with E-state index in [-0.39, 0.29) is 10.6 Å². The van der Waals surface area contributed by atoms with Crippen LogP contribution in [0.5, 0.6) is 5.75 Å². The van der Waals surface area contributed by atoms with E-state index < -0.39 is 5.97 Å². The van der Waals surface area contributed by atoms with E-state index in [0.717, 1.165) is 5.69 Å². The number of benzene rings is 3. The smallest absolute Gasteiger partial charge is 0.345 e. The minimum atomic E-state index is -0.553. The maximum atomic E-state index is 12.4. The van der Waals surface area contributed by atoms with E-state index in [1.54, 1.807) is 24.4 Å². The van der Waals surface area contributed by atoms with Gasteiger partial charge in [-0.3, -0.25) is 4.99 Å². The number of hydrogen-bond acceptors (Lipinski definition) is 3. The highest BCUT2D eigenvalue weighted by Crippen LogP contribution is 2.24. The lowest BCUT2D eigenvalue weighted by Gasteiger charge is -2.08. The summed E-state index contributed by atoms with van der Waals surface area (Å²) in [5.74, 6) is -0.152. The molecule has 25 heavy (non-hydrogen) atoms. The lowest BCUT2D eigenvalue weighted by atomic mass is 10.2. The van der Waals surface area contributed by atoms with E-state index in [2.05, 4.69) is 4.99 Å². The lowest BCUT2D eigenvalue weighted by molar-refractivity contribution is 0.0734. The average molecular weight is 370 g/mol. The number of para-hydroxylation sites is 2. The zero-order valence-corrected chi connectivity index (χ0v) is 14.5. The SMILES string of the molecule is O=C(Oc1ccccc1C=Nc1ccccc1)c1ccc(Cl)cc1Cl. The molecule has 0 amide bonds. The predicted molar refractivity (Wildman–Crippen MR) is 102 cm³/mol. The number of aliphatic imine (C=N–C) groups is 1. The molecule has 3 rings (SSSR count). The molecule has 0 radical (unpaired) electrons. The normalized spacial score (nSPS) is 10.8. The number of esters is 1. The fourth-order valence-electron chi connectivity index (χ4n) is 2.15. The molecular weight excluding hydrogens is 357 g/mol. The largest absolute Gasteiger partial charge is 0.422 e. The molecule has 0 fully saturated rings. The summed E-state index contributed by atoms with van der Waals surface area (Å²) in [6, 6.07) is 21.3. The first kappa shape index (κ1) is 17.2. The number of hydrogen-bond donors (Lipinski definition) is 0. The fraction of sp³-hybridized carbons (Fsp3) is 0. The third-order valence-electron chi connectivity index (χ3n) is 3.38. The fourth-order valence-corrected chi connectivity index (χ4v) is 2.63. The van der Waals surface area contributed by atoms with Gasteiger partial charge in [0.05, 0.1) is 16.3 Å². The van der Waals surface area contributed by atoms with Gasteiger partial charge in [-0.2, -0.15) is 0 Å². The Morgan fingerprint density at radius 3 is 2.40 bits per heavy atom. The number of rotatable bonds is 4. The molecular formula is C20H13Cl2NO2. The summed E-state index contributed by atoms with van der Waals surface area (Å²) in [5, 5.41) is 0.699. The molecule has 0 saturated heterocycles. The van der Waals surface area contributed by atoms with Gasteiger partial charge in [-0.05, 0) is 42.5 Å². The van der Waals surface area contributed by atoms with Crippen molar-refractivity contribution in [1.29, 1.82) is 0 Å². The van der Waals surface area contributed by atoms with Crippen molar-refractivity contribution in [1.82, 2.24) is 0 Å². The molecule has 3 aromatic rings. The van der Waals surface area contributed by atoms with Crippen molar-refractivity contribution in [2.45, 2.75) is 0 Å². The maximum Gasteiger partial charge on any atom is 0.345 e. The van der Waals surface area contributed by atoms with Gasteiger partial charge in [-0.25, -0.2) is 4.79 Å². The summed E-state index contributed by atoms with van der Waals surface area (Å²) in [4.78, 5) is 16.8. The van der Waals surface area contributed by atoms with Crippen molar-refractivity contribution in [3.63, 3.8) is 0 Å². The molecule has 3 nitrogen and oxygen atoms in total. The molecule has 3 aromatic carbocycles. The quantitative estimate of drug-likeness (QED) is 0.323. The summed E-state index contributed by atoms with van der Waals surface area (Å²) in [5.41, 5.74) is 1.75. The first-order valence-electron chi connectivity index (χ1n) is 7.49. The van der Waals surface area contributed by atoms with E-state index in [4.69, 9.17) is 27.9 Å². The van der Waals surface area contributed by atoms with Gasteiger partial charge >= 0.3 is 5.97 Å². The lowest BCUT2D eigenvalue weighted by Crippen LogP contribution is -2.10. The summed E-state index contributed by atoms with van der Waals surface area (Å²) < 4.78 is 5.48. The van der Waals surface area contributed by atoms with Crippen molar-refractivity contribution in [3.05, 3.63) is 94.0 Å². The Morgan fingerprint density at radius 1 is 0.920 bits per heavy atom. The Kier molecular flexibility index (Phi) is 5.49. The Bertz CT molecular complexity index is 924. The first-order valence-corrected chi connectivity index (χ1v) is 8.24.